The highest BCUT2D eigenvalue weighted by atomic mass is 35.5. The van der Waals surface area contributed by atoms with E-state index in [4.69, 9.17) is 11.6 Å². The quantitative estimate of drug-likeness (QED) is 0.776. The molecule has 24 heavy (non-hydrogen) atoms. The maximum absolute atomic E-state index is 13.3. The van der Waals surface area contributed by atoms with Crippen LogP contribution in [0, 0.1) is 5.82 Å². The summed E-state index contributed by atoms with van der Waals surface area (Å²) in [7, 11) is 4.38. The van der Waals surface area contributed by atoms with E-state index in [-0.39, 0.29) is 16.5 Å². The highest BCUT2D eigenvalue weighted by Crippen LogP contribution is 2.31. The lowest BCUT2D eigenvalue weighted by atomic mass is 9.85. The van der Waals surface area contributed by atoms with Gasteiger partial charge >= 0.3 is 0 Å². The lowest BCUT2D eigenvalue weighted by Crippen LogP contribution is -2.58. The second-order valence-corrected chi connectivity index (χ2v) is 7.57. The summed E-state index contributed by atoms with van der Waals surface area (Å²) in [6, 6.07) is 4.20. The highest BCUT2D eigenvalue weighted by Gasteiger charge is 2.41. The predicted octanol–water partition coefficient (Wildman–Crippen LogP) is 2.72. The zero-order chi connectivity index (χ0) is 17.3. The fourth-order valence-electron chi connectivity index (χ4n) is 3.99. The molecule has 2 fully saturated rings. The van der Waals surface area contributed by atoms with Crippen molar-refractivity contribution in [1.82, 2.24) is 14.7 Å². The van der Waals surface area contributed by atoms with Crippen LogP contribution in [0.5, 0.6) is 0 Å². The van der Waals surface area contributed by atoms with E-state index in [0.717, 1.165) is 45.6 Å². The number of piperidine rings is 1. The molecule has 1 aromatic carbocycles. The third-order valence-corrected chi connectivity index (χ3v) is 5.84. The third kappa shape index (κ3) is 3.44. The van der Waals surface area contributed by atoms with Crippen molar-refractivity contribution in [3.05, 3.63) is 34.6 Å². The first kappa shape index (κ1) is 17.6. The predicted molar refractivity (Wildman–Crippen MR) is 94.0 cm³/mol. The average molecular weight is 354 g/mol. The van der Waals surface area contributed by atoms with E-state index in [1.807, 2.05) is 4.90 Å². The molecule has 0 radical (unpaired) electrons. The Morgan fingerprint density at radius 3 is 2.54 bits per heavy atom. The maximum atomic E-state index is 13.3. The molecule has 0 saturated carbocycles. The summed E-state index contributed by atoms with van der Waals surface area (Å²) in [5.74, 6) is -0.551. The third-order valence-electron chi connectivity index (χ3n) is 5.56. The summed E-state index contributed by atoms with van der Waals surface area (Å²) in [4.78, 5) is 19.4. The van der Waals surface area contributed by atoms with Gasteiger partial charge in [-0.1, -0.05) is 11.6 Å². The summed E-state index contributed by atoms with van der Waals surface area (Å²) in [6.07, 6.45) is 3.12. The van der Waals surface area contributed by atoms with Gasteiger partial charge in [0, 0.05) is 30.7 Å². The Labute approximate surface area is 148 Å². The molecule has 1 amide bonds. The number of hydrogen-bond donors (Lipinski definition) is 0. The van der Waals surface area contributed by atoms with Gasteiger partial charge in [0.25, 0.3) is 5.91 Å². The van der Waals surface area contributed by atoms with Crippen LogP contribution < -0.4 is 0 Å². The first-order valence-electron chi connectivity index (χ1n) is 8.55. The van der Waals surface area contributed by atoms with Crippen molar-refractivity contribution in [1.29, 1.82) is 0 Å². The van der Waals surface area contributed by atoms with E-state index >= 15 is 0 Å². The summed E-state index contributed by atoms with van der Waals surface area (Å²) >= 11 is 5.81. The van der Waals surface area contributed by atoms with Crippen LogP contribution in [0.15, 0.2) is 18.2 Å². The molecule has 0 aromatic heterocycles. The lowest BCUT2D eigenvalue weighted by Gasteiger charge is -2.47. The summed E-state index contributed by atoms with van der Waals surface area (Å²) in [5, 5.41) is -0.000504. The van der Waals surface area contributed by atoms with Crippen LogP contribution in [0.4, 0.5) is 4.39 Å². The number of nitrogens with zero attached hydrogens (tertiary/aromatic N) is 3. The standard InChI is InChI=1S/C18H25ClFN3O/c1-21-8-3-9-22(2)18(13-21)6-10-23(11-7-18)17(24)14-4-5-16(20)15(19)12-14/h4-5,12H,3,6-11,13H2,1-2H3. The number of amides is 1. The Bertz CT molecular complexity index is 616. The lowest BCUT2D eigenvalue weighted by molar-refractivity contribution is 0.0282. The molecule has 0 unspecified atom stereocenters. The zero-order valence-electron chi connectivity index (χ0n) is 14.4. The van der Waals surface area contributed by atoms with Crippen LogP contribution in [0.25, 0.3) is 0 Å². The van der Waals surface area contributed by atoms with Crippen LogP contribution in [-0.4, -0.2) is 73.0 Å². The van der Waals surface area contributed by atoms with Crippen molar-refractivity contribution in [3.8, 4) is 0 Å². The fraction of sp³-hybridized carbons (Fsp3) is 0.611. The van der Waals surface area contributed by atoms with Crippen LogP contribution >= 0.6 is 11.6 Å². The van der Waals surface area contributed by atoms with E-state index in [1.165, 1.54) is 24.6 Å². The first-order valence-corrected chi connectivity index (χ1v) is 8.93. The van der Waals surface area contributed by atoms with Gasteiger partial charge in [0.1, 0.15) is 5.82 Å². The number of likely N-dealkylation sites (N-methyl/N-ethyl adjacent to an activating group) is 2. The van der Waals surface area contributed by atoms with Gasteiger partial charge in [0.15, 0.2) is 0 Å². The molecular weight excluding hydrogens is 329 g/mol. The van der Waals surface area contributed by atoms with Crippen molar-refractivity contribution in [2.75, 3.05) is 46.8 Å². The van der Waals surface area contributed by atoms with Crippen LogP contribution in [0.3, 0.4) is 0 Å². The van der Waals surface area contributed by atoms with Crippen LogP contribution in [0.1, 0.15) is 29.6 Å². The summed E-state index contributed by atoms with van der Waals surface area (Å²) in [5.41, 5.74) is 0.617. The van der Waals surface area contributed by atoms with E-state index in [1.54, 1.807) is 0 Å². The number of hydrogen-bond acceptors (Lipinski definition) is 3. The van der Waals surface area contributed by atoms with Crippen molar-refractivity contribution in [3.63, 3.8) is 0 Å². The van der Waals surface area contributed by atoms with Crippen molar-refractivity contribution in [2.45, 2.75) is 24.8 Å². The topological polar surface area (TPSA) is 26.8 Å². The summed E-state index contributed by atoms with van der Waals surface area (Å²) < 4.78 is 13.3. The molecule has 1 spiro atoms. The highest BCUT2D eigenvalue weighted by molar-refractivity contribution is 6.31. The normalized spacial score (nSPS) is 22.6. The van der Waals surface area contributed by atoms with Crippen molar-refractivity contribution < 1.29 is 9.18 Å². The van der Waals surface area contributed by atoms with Gasteiger partial charge in [-0.25, -0.2) is 4.39 Å². The molecule has 2 saturated heterocycles. The molecule has 2 heterocycles. The smallest absolute Gasteiger partial charge is 0.253 e. The molecule has 6 heteroatoms. The minimum Gasteiger partial charge on any atom is -0.339 e. The van der Waals surface area contributed by atoms with E-state index in [0.29, 0.717) is 5.56 Å². The van der Waals surface area contributed by atoms with Gasteiger partial charge in [0.05, 0.1) is 5.02 Å². The molecular formula is C18H25ClFN3O. The van der Waals surface area contributed by atoms with Gasteiger partial charge in [-0.3, -0.25) is 9.69 Å². The van der Waals surface area contributed by atoms with Crippen molar-refractivity contribution in [2.24, 2.45) is 0 Å². The number of benzene rings is 1. The summed E-state index contributed by atoms with van der Waals surface area (Å²) in [6.45, 7) is 4.74. The Kier molecular flexibility index (Phi) is 5.13. The SMILES string of the molecule is CN1CCCN(C)C2(CCN(C(=O)c3ccc(F)c(Cl)c3)CC2)C1. The monoisotopic (exact) mass is 353 g/mol. The fourth-order valence-corrected chi connectivity index (χ4v) is 4.18. The molecule has 1 aromatic rings. The van der Waals surface area contributed by atoms with Gasteiger partial charge in [-0.2, -0.15) is 0 Å². The van der Waals surface area contributed by atoms with E-state index in [2.05, 4.69) is 23.9 Å². The second-order valence-electron chi connectivity index (χ2n) is 7.16. The molecule has 0 aliphatic carbocycles. The van der Waals surface area contributed by atoms with Crippen LogP contribution in [0.2, 0.25) is 5.02 Å². The van der Waals surface area contributed by atoms with Gasteiger partial charge in [-0.15, -0.1) is 0 Å². The molecule has 2 aliphatic heterocycles. The maximum Gasteiger partial charge on any atom is 0.253 e. The number of halogens is 2. The molecule has 2 aliphatic rings. The van der Waals surface area contributed by atoms with E-state index < -0.39 is 5.82 Å². The molecule has 0 atom stereocenters. The van der Waals surface area contributed by atoms with E-state index in [9.17, 15) is 9.18 Å². The molecule has 0 N–H and O–H groups in total. The van der Waals surface area contributed by atoms with Gasteiger partial charge < -0.3 is 9.80 Å². The average Bonchev–Trinajstić information content (AvgIpc) is 2.69. The van der Waals surface area contributed by atoms with Gasteiger partial charge in [0.2, 0.25) is 0 Å². The number of likely N-dealkylation sites (tertiary alicyclic amines) is 1. The number of carbonyl (C=O) groups excluding carboxylic acids is 1. The molecule has 4 nitrogen and oxygen atoms in total. The largest absolute Gasteiger partial charge is 0.339 e. The second kappa shape index (κ2) is 6.98. The Balaban J connectivity index is 1.69. The number of carbonyl (C=O) groups is 1. The van der Waals surface area contributed by atoms with Gasteiger partial charge in [-0.05, 0) is 64.6 Å². The van der Waals surface area contributed by atoms with Crippen molar-refractivity contribution >= 4 is 17.5 Å². The zero-order valence-corrected chi connectivity index (χ0v) is 15.2. The number of rotatable bonds is 1. The molecule has 0 bridgehead atoms. The first-order chi connectivity index (χ1) is 11.4. The van der Waals surface area contributed by atoms with Crippen LogP contribution in [-0.2, 0) is 0 Å². The minimum absolute atomic E-state index is 0.000504. The molecule has 3 rings (SSSR count). The molecule has 132 valence electrons. The Hall–Kier alpha value is -1.17. The Morgan fingerprint density at radius 2 is 1.88 bits per heavy atom. The Morgan fingerprint density at radius 1 is 1.17 bits per heavy atom. The minimum atomic E-state index is -0.492.